The number of rotatable bonds is 11. The van der Waals surface area contributed by atoms with Gasteiger partial charge in [0.2, 0.25) is 0 Å². The van der Waals surface area contributed by atoms with E-state index in [1.165, 1.54) is 44.4 Å². The number of carbonyl (C=O) groups excluding carboxylic acids is 1. The number of phenols is 3. The fourth-order valence-corrected chi connectivity index (χ4v) is 4.91. The van der Waals surface area contributed by atoms with Gasteiger partial charge in [0.1, 0.15) is 36.6 Å². The lowest BCUT2D eigenvalue weighted by Gasteiger charge is -2.46. The Hall–Kier alpha value is -3.51. The maximum Gasteiger partial charge on any atom is 0.331 e. The molecule has 4 rings (SSSR count). The molecule has 0 spiro atoms. The summed E-state index contributed by atoms with van der Waals surface area (Å²) >= 11 is 0. The Balaban J connectivity index is 1.52. The van der Waals surface area contributed by atoms with Crippen molar-refractivity contribution in [2.75, 3.05) is 20.3 Å². The van der Waals surface area contributed by atoms with Gasteiger partial charge in [-0.2, -0.15) is 0 Å². The average Bonchev–Trinajstić information content (AvgIpc) is 3.02. The van der Waals surface area contributed by atoms with Gasteiger partial charge in [0.25, 0.3) is 0 Å². The molecule has 2 fully saturated rings. The summed E-state index contributed by atoms with van der Waals surface area (Å²) in [4.78, 5) is 12.8. The highest BCUT2D eigenvalue weighted by molar-refractivity contribution is 5.87. The summed E-state index contributed by atoms with van der Waals surface area (Å²) in [6, 6.07) is 8.54. The van der Waals surface area contributed by atoms with E-state index >= 15 is 0 Å². The first-order chi connectivity index (χ1) is 21.4. The second kappa shape index (κ2) is 15.2. The predicted molar refractivity (Wildman–Crippen MR) is 152 cm³/mol. The van der Waals surface area contributed by atoms with Crippen molar-refractivity contribution in [3.05, 3.63) is 53.6 Å². The van der Waals surface area contributed by atoms with E-state index in [2.05, 4.69) is 0 Å². The smallest absolute Gasteiger partial charge is 0.331 e. The number of phenolic OH excluding ortho intramolecular Hbond substituents is 3. The van der Waals surface area contributed by atoms with E-state index in [1.807, 2.05) is 0 Å². The molecule has 2 heterocycles. The van der Waals surface area contributed by atoms with Crippen LogP contribution in [0.2, 0.25) is 0 Å². The third kappa shape index (κ3) is 8.21. The normalized spacial score (nSPS) is 32.0. The minimum Gasteiger partial charge on any atom is -0.504 e. The number of hydrogen-bond acceptors (Lipinski definition) is 15. The highest BCUT2D eigenvalue weighted by Gasteiger charge is 2.52. The Morgan fingerprint density at radius 3 is 2.29 bits per heavy atom. The molecule has 0 bridgehead atoms. The predicted octanol–water partition coefficient (Wildman–Crippen LogP) is -0.713. The van der Waals surface area contributed by atoms with Crippen LogP contribution in [0.4, 0.5) is 0 Å². The number of aromatic hydroxyl groups is 3. The molecule has 2 saturated heterocycles. The molecule has 248 valence electrons. The molecule has 0 saturated carbocycles. The molecule has 0 aliphatic carbocycles. The van der Waals surface area contributed by atoms with Crippen LogP contribution < -0.4 is 4.74 Å². The van der Waals surface area contributed by atoms with Crippen molar-refractivity contribution in [3.8, 4) is 23.0 Å². The van der Waals surface area contributed by atoms with Crippen LogP contribution in [0.25, 0.3) is 6.08 Å². The molecule has 2 aliphatic rings. The van der Waals surface area contributed by atoms with Gasteiger partial charge in [-0.05, 0) is 54.8 Å². The number of ether oxygens (including phenoxy) is 6. The fourth-order valence-electron chi connectivity index (χ4n) is 4.91. The zero-order chi connectivity index (χ0) is 32.8. The summed E-state index contributed by atoms with van der Waals surface area (Å²) < 4.78 is 33.5. The number of carbonyl (C=O) groups is 1. The van der Waals surface area contributed by atoms with E-state index in [0.717, 1.165) is 11.6 Å². The topological polar surface area (TPSA) is 234 Å². The van der Waals surface area contributed by atoms with Crippen molar-refractivity contribution in [2.45, 2.75) is 74.8 Å². The van der Waals surface area contributed by atoms with Crippen LogP contribution in [0, 0.1) is 0 Å². The second-order valence-electron chi connectivity index (χ2n) is 10.6. The van der Waals surface area contributed by atoms with E-state index < -0.39 is 79.7 Å². The van der Waals surface area contributed by atoms with Crippen molar-refractivity contribution in [1.82, 2.24) is 0 Å². The van der Waals surface area contributed by atoms with Crippen LogP contribution in [0.5, 0.6) is 23.0 Å². The highest BCUT2D eigenvalue weighted by Crippen LogP contribution is 2.32. The van der Waals surface area contributed by atoms with Gasteiger partial charge >= 0.3 is 5.97 Å². The summed E-state index contributed by atoms with van der Waals surface area (Å²) in [5.74, 6) is -1.53. The van der Waals surface area contributed by atoms with Gasteiger partial charge in [-0.1, -0.05) is 12.1 Å². The molecule has 2 aromatic rings. The third-order valence-corrected chi connectivity index (χ3v) is 7.47. The SMILES string of the molecule is COc1cc(CCO[C@@H]2O[C@H](CO)[C@@H](OC(=O)C=Cc3ccc(O)c(O)c3)[C@@H](O[C@@H]3O[C@H](C)[C@H](O)[C@@H](O)[C@H]3O)[C@H]2O)ccc1O. The molecule has 2 aliphatic heterocycles. The Morgan fingerprint density at radius 2 is 1.60 bits per heavy atom. The van der Waals surface area contributed by atoms with Crippen LogP contribution in [-0.2, 0) is 34.9 Å². The first kappa shape index (κ1) is 34.4. The van der Waals surface area contributed by atoms with Crippen molar-refractivity contribution >= 4 is 12.0 Å². The van der Waals surface area contributed by atoms with Crippen LogP contribution in [0.15, 0.2) is 42.5 Å². The molecular weight excluding hydrogens is 600 g/mol. The highest BCUT2D eigenvalue weighted by atomic mass is 16.7. The molecule has 15 heteroatoms. The number of aliphatic hydroxyl groups is 5. The zero-order valence-corrected chi connectivity index (χ0v) is 24.4. The van der Waals surface area contributed by atoms with Crippen LogP contribution >= 0.6 is 0 Å². The molecule has 0 unspecified atom stereocenters. The van der Waals surface area contributed by atoms with E-state index in [9.17, 15) is 45.6 Å². The largest absolute Gasteiger partial charge is 0.504 e. The molecule has 45 heavy (non-hydrogen) atoms. The third-order valence-electron chi connectivity index (χ3n) is 7.47. The van der Waals surface area contributed by atoms with Gasteiger partial charge in [0.15, 0.2) is 41.7 Å². The fraction of sp³-hybridized carbons (Fsp3) is 0.500. The molecule has 15 nitrogen and oxygen atoms in total. The maximum atomic E-state index is 12.8. The Bertz CT molecular complexity index is 1320. The molecule has 8 N–H and O–H groups in total. The zero-order valence-electron chi connectivity index (χ0n) is 24.4. The lowest BCUT2D eigenvalue weighted by Crippen LogP contribution is -2.65. The summed E-state index contributed by atoms with van der Waals surface area (Å²) in [7, 11) is 1.40. The standard InChI is InChI=1S/C30H38O15/c1-14-23(36)24(37)25(38)30(42-14)45-28-26(39)29(41-10-9-16-4-7-18(33)20(12-16)40-2)43-21(13-31)27(28)44-22(35)8-5-15-3-6-17(32)19(34)11-15/h3-8,11-12,14,21,23-34,36-39H,9-10,13H2,1-2H3/t14-,21-,23+,24-,25-,26-,27-,28+,29-,30+/m1/s1. The van der Waals surface area contributed by atoms with Gasteiger partial charge in [-0.15, -0.1) is 0 Å². The van der Waals surface area contributed by atoms with E-state index in [1.54, 1.807) is 12.1 Å². The molecular formula is C30H38O15. The van der Waals surface area contributed by atoms with Crippen molar-refractivity contribution in [1.29, 1.82) is 0 Å². The Kier molecular flexibility index (Phi) is 11.6. The van der Waals surface area contributed by atoms with Crippen LogP contribution in [0.1, 0.15) is 18.1 Å². The van der Waals surface area contributed by atoms with Gasteiger partial charge < -0.3 is 69.3 Å². The molecule has 0 amide bonds. The van der Waals surface area contributed by atoms with E-state index in [0.29, 0.717) is 12.0 Å². The molecule has 0 aromatic heterocycles. The number of methoxy groups -OCH3 is 1. The summed E-state index contributed by atoms with van der Waals surface area (Å²) in [6.07, 6.45) is -12.3. The number of esters is 1. The van der Waals surface area contributed by atoms with Crippen molar-refractivity contribution < 1.29 is 74.1 Å². The summed E-state index contributed by atoms with van der Waals surface area (Å²) in [5.41, 5.74) is 1.07. The van der Waals surface area contributed by atoms with Crippen LogP contribution in [-0.4, -0.2) is 129 Å². The lowest BCUT2D eigenvalue weighted by atomic mass is 9.97. The van der Waals surface area contributed by atoms with Crippen molar-refractivity contribution in [2.24, 2.45) is 0 Å². The van der Waals surface area contributed by atoms with Gasteiger partial charge in [0.05, 0.1) is 26.4 Å². The summed E-state index contributed by atoms with van der Waals surface area (Å²) in [6.45, 7) is 0.694. The lowest BCUT2D eigenvalue weighted by molar-refractivity contribution is -0.357. The molecule has 10 atom stereocenters. The minimum atomic E-state index is -1.76. The Morgan fingerprint density at radius 1 is 0.867 bits per heavy atom. The number of aliphatic hydroxyl groups excluding tert-OH is 5. The quantitative estimate of drug-likeness (QED) is 0.0862. The number of hydrogen-bond donors (Lipinski definition) is 8. The monoisotopic (exact) mass is 638 g/mol. The van der Waals surface area contributed by atoms with Crippen molar-refractivity contribution in [3.63, 3.8) is 0 Å². The Labute approximate surface area is 258 Å². The minimum absolute atomic E-state index is 0.0162. The van der Waals surface area contributed by atoms with Gasteiger partial charge in [-0.3, -0.25) is 0 Å². The van der Waals surface area contributed by atoms with E-state index in [4.69, 9.17) is 28.4 Å². The molecule has 2 aromatic carbocycles. The second-order valence-corrected chi connectivity index (χ2v) is 10.6. The van der Waals surface area contributed by atoms with Gasteiger partial charge in [0, 0.05) is 6.08 Å². The van der Waals surface area contributed by atoms with Gasteiger partial charge in [-0.25, -0.2) is 4.79 Å². The first-order valence-electron chi connectivity index (χ1n) is 14.1. The average molecular weight is 639 g/mol. The molecule has 0 radical (unpaired) electrons. The van der Waals surface area contributed by atoms with Crippen LogP contribution in [0.3, 0.4) is 0 Å². The number of benzene rings is 2. The summed E-state index contributed by atoms with van der Waals surface area (Å²) in [5, 5.41) is 81.3. The van der Waals surface area contributed by atoms with E-state index in [-0.39, 0.29) is 23.9 Å². The first-order valence-corrected chi connectivity index (χ1v) is 14.1. The maximum absolute atomic E-state index is 12.8.